The topological polar surface area (TPSA) is 98.7 Å². The van der Waals surface area contributed by atoms with E-state index >= 15 is 0 Å². The first-order valence-electron chi connectivity index (χ1n) is 5.01. The Balaban J connectivity index is 1.98. The lowest BCUT2D eigenvalue weighted by Crippen LogP contribution is -2.25. The van der Waals surface area contributed by atoms with Crippen molar-refractivity contribution in [1.29, 1.82) is 0 Å². The molecule has 0 spiro atoms. The van der Waals surface area contributed by atoms with Crippen LogP contribution in [0.1, 0.15) is 16.2 Å². The molecule has 0 fully saturated rings. The molecule has 7 heteroatoms. The van der Waals surface area contributed by atoms with Crippen LogP contribution in [0.5, 0.6) is 0 Å². The van der Waals surface area contributed by atoms with Crippen molar-refractivity contribution >= 4 is 11.7 Å². The minimum Gasteiger partial charge on any atom is -0.382 e. The number of anilines is 1. The molecule has 2 heterocycles. The number of nitrogen functional groups attached to an aromatic ring is 1. The molecule has 17 heavy (non-hydrogen) atoms. The zero-order chi connectivity index (χ0) is 12.3. The molecule has 0 saturated carbocycles. The third-order valence-corrected chi connectivity index (χ3v) is 2.27. The number of carbonyl (C=O) groups excluding carboxylic acids is 1. The molecule has 0 aliphatic carbocycles. The Bertz CT molecular complexity index is 518. The fourth-order valence-electron chi connectivity index (χ4n) is 1.30. The van der Waals surface area contributed by atoms with Crippen molar-refractivity contribution in [2.45, 2.75) is 6.54 Å². The zero-order valence-corrected chi connectivity index (χ0v) is 9.29. The molecular formula is C10H12N6O. The van der Waals surface area contributed by atoms with E-state index in [2.05, 4.69) is 20.6 Å². The van der Waals surface area contributed by atoms with E-state index in [1.54, 1.807) is 10.9 Å². The molecule has 2 rings (SSSR count). The van der Waals surface area contributed by atoms with E-state index in [1.807, 2.05) is 13.1 Å². The summed E-state index contributed by atoms with van der Waals surface area (Å²) in [7, 11) is 1.81. The molecule has 0 atom stereocenters. The summed E-state index contributed by atoms with van der Waals surface area (Å²) in [6.45, 7) is 0.390. The summed E-state index contributed by atoms with van der Waals surface area (Å²) in [4.78, 5) is 11.7. The fourth-order valence-corrected chi connectivity index (χ4v) is 1.30. The number of rotatable bonds is 3. The van der Waals surface area contributed by atoms with Crippen molar-refractivity contribution in [3.8, 4) is 0 Å². The van der Waals surface area contributed by atoms with E-state index in [-0.39, 0.29) is 17.4 Å². The lowest BCUT2D eigenvalue weighted by molar-refractivity contribution is 0.0944. The predicted octanol–water partition coefficient (Wildman–Crippen LogP) is -0.278. The van der Waals surface area contributed by atoms with Crippen molar-refractivity contribution < 1.29 is 4.79 Å². The van der Waals surface area contributed by atoms with Crippen LogP contribution in [0.25, 0.3) is 0 Å². The van der Waals surface area contributed by atoms with Crippen LogP contribution in [0.15, 0.2) is 24.4 Å². The number of hydrogen-bond donors (Lipinski definition) is 2. The number of nitrogens with zero attached hydrogens (tertiary/aromatic N) is 4. The first kappa shape index (κ1) is 11.1. The quantitative estimate of drug-likeness (QED) is 0.758. The SMILES string of the molecule is Cn1nccc1CNC(=O)c1ccc(N)nn1. The molecule has 0 aliphatic rings. The Hall–Kier alpha value is -2.44. The summed E-state index contributed by atoms with van der Waals surface area (Å²) < 4.78 is 1.69. The van der Waals surface area contributed by atoms with E-state index in [1.165, 1.54) is 12.1 Å². The molecule has 7 nitrogen and oxygen atoms in total. The third kappa shape index (κ3) is 2.57. The first-order chi connectivity index (χ1) is 8.16. The van der Waals surface area contributed by atoms with Crippen molar-refractivity contribution in [3.05, 3.63) is 35.8 Å². The van der Waals surface area contributed by atoms with Gasteiger partial charge in [-0.15, -0.1) is 10.2 Å². The van der Waals surface area contributed by atoms with E-state index in [4.69, 9.17) is 5.73 Å². The van der Waals surface area contributed by atoms with Gasteiger partial charge < -0.3 is 11.1 Å². The van der Waals surface area contributed by atoms with Gasteiger partial charge in [0.2, 0.25) is 0 Å². The molecule has 2 aromatic rings. The van der Waals surface area contributed by atoms with Gasteiger partial charge in [-0.25, -0.2) is 0 Å². The molecule has 0 aliphatic heterocycles. The van der Waals surface area contributed by atoms with Gasteiger partial charge in [-0.3, -0.25) is 9.48 Å². The van der Waals surface area contributed by atoms with E-state index in [0.29, 0.717) is 6.54 Å². The molecule has 2 aromatic heterocycles. The number of amides is 1. The van der Waals surface area contributed by atoms with Crippen LogP contribution in [0, 0.1) is 0 Å². The average Bonchev–Trinajstić information content (AvgIpc) is 2.73. The minimum absolute atomic E-state index is 0.237. The van der Waals surface area contributed by atoms with Gasteiger partial charge in [0.25, 0.3) is 5.91 Å². The molecule has 0 radical (unpaired) electrons. The predicted molar refractivity (Wildman–Crippen MR) is 60.8 cm³/mol. The van der Waals surface area contributed by atoms with Gasteiger partial charge in [0.15, 0.2) is 5.69 Å². The van der Waals surface area contributed by atoms with Crippen LogP contribution >= 0.6 is 0 Å². The highest BCUT2D eigenvalue weighted by molar-refractivity contribution is 5.92. The standard InChI is InChI=1S/C10H12N6O/c1-16-7(4-5-13-16)6-12-10(17)8-2-3-9(11)15-14-8/h2-5H,6H2,1H3,(H2,11,15)(H,12,17). The van der Waals surface area contributed by atoms with E-state index < -0.39 is 0 Å². The fraction of sp³-hybridized carbons (Fsp3) is 0.200. The summed E-state index contributed by atoms with van der Waals surface area (Å²) >= 11 is 0. The van der Waals surface area contributed by atoms with Crippen molar-refractivity contribution in [2.24, 2.45) is 7.05 Å². The highest BCUT2D eigenvalue weighted by Gasteiger charge is 2.08. The number of carbonyl (C=O) groups is 1. The van der Waals surface area contributed by atoms with E-state index in [9.17, 15) is 4.79 Å². The largest absolute Gasteiger partial charge is 0.382 e. The maximum absolute atomic E-state index is 11.7. The maximum atomic E-state index is 11.7. The normalized spacial score (nSPS) is 10.2. The smallest absolute Gasteiger partial charge is 0.272 e. The average molecular weight is 232 g/mol. The van der Waals surface area contributed by atoms with Gasteiger partial charge in [-0.2, -0.15) is 5.10 Å². The van der Waals surface area contributed by atoms with Crippen LogP contribution in [0.2, 0.25) is 0 Å². The Labute approximate surface area is 97.6 Å². The maximum Gasteiger partial charge on any atom is 0.272 e. The van der Waals surface area contributed by atoms with E-state index in [0.717, 1.165) is 5.69 Å². The number of aryl methyl sites for hydroxylation is 1. The Kier molecular flexibility index (Phi) is 2.99. The second kappa shape index (κ2) is 4.60. The van der Waals surface area contributed by atoms with Gasteiger partial charge in [0.05, 0.1) is 12.2 Å². The summed E-state index contributed by atoms with van der Waals surface area (Å²) in [5, 5.41) is 14.0. The van der Waals surface area contributed by atoms with Gasteiger partial charge in [-0.05, 0) is 18.2 Å². The van der Waals surface area contributed by atoms with Gasteiger partial charge in [-0.1, -0.05) is 0 Å². The van der Waals surface area contributed by atoms with Crippen LogP contribution in [0.3, 0.4) is 0 Å². The second-order valence-corrected chi connectivity index (χ2v) is 3.47. The highest BCUT2D eigenvalue weighted by Crippen LogP contribution is 1.99. The Morgan fingerprint density at radius 1 is 1.41 bits per heavy atom. The first-order valence-corrected chi connectivity index (χ1v) is 5.01. The molecule has 0 saturated heterocycles. The molecular weight excluding hydrogens is 220 g/mol. The van der Waals surface area contributed by atoms with Gasteiger partial charge in [0, 0.05) is 13.2 Å². The molecule has 88 valence electrons. The molecule has 0 aromatic carbocycles. The molecule has 0 unspecified atom stereocenters. The number of aromatic nitrogens is 4. The Morgan fingerprint density at radius 3 is 2.82 bits per heavy atom. The summed E-state index contributed by atoms with van der Waals surface area (Å²) in [6, 6.07) is 4.89. The van der Waals surface area contributed by atoms with Crippen LogP contribution in [0.4, 0.5) is 5.82 Å². The zero-order valence-electron chi connectivity index (χ0n) is 9.29. The van der Waals surface area contributed by atoms with Crippen LogP contribution in [-0.4, -0.2) is 25.9 Å². The summed E-state index contributed by atoms with van der Waals surface area (Å²) in [5.41, 5.74) is 6.52. The van der Waals surface area contributed by atoms with Crippen molar-refractivity contribution in [3.63, 3.8) is 0 Å². The molecule has 0 bridgehead atoms. The third-order valence-electron chi connectivity index (χ3n) is 2.27. The summed E-state index contributed by atoms with van der Waals surface area (Å²) in [6.07, 6.45) is 1.67. The van der Waals surface area contributed by atoms with Crippen molar-refractivity contribution in [2.75, 3.05) is 5.73 Å². The van der Waals surface area contributed by atoms with Crippen LogP contribution < -0.4 is 11.1 Å². The minimum atomic E-state index is -0.293. The summed E-state index contributed by atoms with van der Waals surface area (Å²) in [5.74, 6) is -0.00751. The molecule has 1 amide bonds. The lowest BCUT2D eigenvalue weighted by Gasteiger charge is -2.04. The monoisotopic (exact) mass is 232 g/mol. The van der Waals surface area contributed by atoms with Crippen molar-refractivity contribution in [1.82, 2.24) is 25.3 Å². The van der Waals surface area contributed by atoms with Crippen LogP contribution in [-0.2, 0) is 13.6 Å². The number of hydrogen-bond acceptors (Lipinski definition) is 5. The number of nitrogens with two attached hydrogens (primary N) is 1. The van der Waals surface area contributed by atoms with Gasteiger partial charge >= 0.3 is 0 Å². The second-order valence-electron chi connectivity index (χ2n) is 3.47. The molecule has 3 N–H and O–H groups in total. The lowest BCUT2D eigenvalue weighted by atomic mass is 10.3. The number of nitrogens with one attached hydrogen (secondary N) is 1. The van der Waals surface area contributed by atoms with Gasteiger partial charge in [0.1, 0.15) is 5.82 Å². The Morgan fingerprint density at radius 2 is 2.24 bits per heavy atom. The highest BCUT2D eigenvalue weighted by atomic mass is 16.1.